The number of aromatic nitrogens is 3. The van der Waals surface area contributed by atoms with Gasteiger partial charge in [-0.1, -0.05) is 29.8 Å². The zero-order valence-corrected chi connectivity index (χ0v) is 17.9. The van der Waals surface area contributed by atoms with Gasteiger partial charge in [-0.15, -0.1) is 11.3 Å². The van der Waals surface area contributed by atoms with Crippen LogP contribution in [0, 0.1) is 6.92 Å². The van der Waals surface area contributed by atoms with Crippen LogP contribution in [0.5, 0.6) is 5.75 Å². The third-order valence-electron chi connectivity index (χ3n) is 4.82. The number of nitrogens with zero attached hydrogens (tertiary/aromatic N) is 3. The number of imidazole rings is 1. The minimum absolute atomic E-state index is 0.0685. The Morgan fingerprint density at radius 3 is 2.73 bits per heavy atom. The van der Waals surface area contributed by atoms with Crippen LogP contribution in [0.1, 0.15) is 29.0 Å². The van der Waals surface area contributed by atoms with Crippen molar-refractivity contribution in [2.24, 2.45) is 0 Å². The largest absolute Gasteiger partial charge is 0.486 e. The van der Waals surface area contributed by atoms with Crippen LogP contribution in [0.25, 0.3) is 11.0 Å². The smallest absolute Gasteiger partial charge is 0.226 e. The van der Waals surface area contributed by atoms with Crippen molar-refractivity contribution in [3.8, 4) is 5.75 Å². The standard InChI is InChI=1S/C23H24N4O2S/c1-3-27-20-7-5-4-6-19(20)26-21(27)13-24-22(28)12-17-15-30-23(25-17)14-29-18-10-8-16(2)9-11-18/h4-11,15H,3,12-14H2,1-2H3,(H,24,28). The molecule has 0 aliphatic carbocycles. The molecule has 2 aromatic heterocycles. The summed E-state index contributed by atoms with van der Waals surface area (Å²) in [4.78, 5) is 21.6. The Labute approximate surface area is 179 Å². The molecule has 4 aromatic rings. The number of benzene rings is 2. The van der Waals surface area contributed by atoms with Crippen molar-refractivity contribution >= 4 is 28.3 Å². The minimum atomic E-state index is -0.0685. The van der Waals surface area contributed by atoms with E-state index < -0.39 is 0 Å². The molecule has 4 rings (SSSR count). The van der Waals surface area contributed by atoms with E-state index in [-0.39, 0.29) is 12.3 Å². The molecule has 0 spiro atoms. The molecule has 0 atom stereocenters. The summed E-state index contributed by atoms with van der Waals surface area (Å²) in [6, 6.07) is 15.9. The predicted molar refractivity (Wildman–Crippen MR) is 119 cm³/mol. The fourth-order valence-corrected chi connectivity index (χ4v) is 4.00. The number of carbonyl (C=O) groups is 1. The van der Waals surface area contributed by atoms with Crippen LogP contribution < -0.4 is 10.1 Å². The second kappa shape index (κ2) is 9.09. The van der Waals surface area contributed by atoms with E-state index in [4.69, 9.17) is 4.74 Å². The number of rotatable bonds is 8. The highest BCUT2D eigenvalue weighted by Crippen LogP contribution is 2.17. The first-order chi connectivity index (χ1) is 14.6. The Morgan fingerprint density at radius 1 is 1.13 bits per heavy atom. The Balaban J connectivity index is 1.31. The maximum absolute atomic E-state index is 12.4. The zero-order valence-electron chi connectivity index (χ0n) is 17.1. The number of thiazole rings is 1. The monoisotopic (exact) mass is 420 g/mol. The molecule has 30 heavy (non-hydrogen) atoms. The van der Waals surface area contributed by atoms with Gasteiger partial charge in [0.25, 0.3) is 0 Å². The number of hydrogen-bond acceptors (Lipinski definition) is 5. The summed E-state index contributed by atoms with van der Waals surface area (Å²) in [5.74, 6) is 1.60. The molecule has 0 aliphatic rings. The van der Waals surface area contributed by atoms with Crippen LogP contribution in [0.3, 0.4) is 0 Å². The van der Waals surface area contributed by atoms with Gasteiger partial charge in [0.2, 0.25) is 5.91 Å². The van der Waals surface area contributed by atoms with Gasteiger partial charge in [-0.05, 0) is 38.1 Å². The van der Waals surface area contributed by atoms with Gasteiger partial charge in [0.05, 0.1) is 29.7 Å². The van der Waals surface area contributed by atoms with E-state index in [1.165, 1.54) is 16.9 Å². The lowest BCUT2D eigenvalue weighted by Crippen LogP contribution is -2.26. The first-order valence-electron chi connectivity index (χ1n) is 9.96. The molecule has 1 amide bonds. The van der Waals surface area contributed by atoms with E-state index >= 15 is 0 Å². The first kappa shape index (κ1) is 20.1. The van der Waals surface area contributed by atoms with Crippen LogP contribution in [-0.2, 0) is 30.9 Å². The van der Waals surface area contributed by atoms with Gasteiger partial charge in [-0.25, -0.2) is 9.97 Å². The SMILES string of the molecule is CCn1c(CNC(=O)Cc2csc(COc3ccc(C)cc3)n2)nc2ccccc21. The second-order valence-electron chi connectivity index (χ2n) is 7.05. The lowest BCUT2D eigenvalue weighted by atomic mass is 10.2. The summed E-state index contributed by atoms with van der Waals surface area (Å²) in [5.41, 5.74) is 3.98. The molecule has 0 radical (unpaired) electrons. The van der Waals surface area contributed by atoms with Gasteiger partial charge in [0, 0.05) is 11.9 Å². The summed E-state index contributed by atoms with van der Waals surface area (Å²) in [6.45, 7) is 5.72. The molecule has 0 fully saturated rings. The third-order valence-corrected chi connectivity index (χ3v) is 5.69. The van der Waals surface area contributed by atoms with Crippen LogP contribution in [0.4, 0.5) is 0 Å². The number of carbonyl (C=O) groups excluding carboxylic acids is 1. The fraction of sp³-hybridized carbons (Fsp3) is 0.261. The molecule has 2 aromatic carbocycles. The average molecular weight is 421 g/mol. The van der Waals surface area contributed by atoms with Crippen molar-refractivity contribution in [1.82, 2.24) is 19.9 Å². The van der Waals surface area contributed by atoms with E-state index in [1.807, 2.05) is 60.8 Å². The predicted octanol–water partition coefficient (Wildman–Crippen LogP) is 4.26. The lowest BCUT2D eigenvalue weighted by Gasteiger charge is -2.07. The summed E-state index contributed by atoms with van der Waals surface area (Å²) in [5, 5.41) is 5.73. The Morgan fingerprint density at radius 2 is 1.93 bits per heavy atom. The molecule has 0 unspecified atom stereocenters. The number of aryl methyl sites for hydroxylation is 2. The van der Waals surface area contributed by atoms with E-state index in [9.17, 15) is 4.79 Å². The van der Waals surface area contributed by atoms with Crippen molar-refractivity contribution in [3.63, 3.8) is 0 Å². The van der Waals surface area contributed by atoms with Crippen LogP contribution >= 0.6 is 11.3 Å². The van der Waals surface area contributed by atoms with E-state index in [0.717, 1.165) is 39.9 Å². The second-order valence-corrected chi connectivity index (χ2v) is 7.99. The molecule has 154 valence electrons. The summed E-state index contributed by atoms with van der Waals surface area (Å²) in [6.07, 6.45) is 0.243. The summed E-state index contributed by atoms with van der Waals surface area (Å²) < 4.78 is 7.89. The summed E-state index contributed by atoms with van der Waals surface area (Å²) >= 11 is 1.50. The van der Waals surface area contributed by atoms with Crippen molar-refractivity contribution < 1.29 is 9.53 Å². The van der Waals surface area contributed by atoms with Crippen molar-refractivity contribution in [3.05, 3.63) is 76.0 Å². The molecule has 0 saturated carbocycles. The third kappa shape index (κ3) is 4.68. The van der Waals surface area contributed by atoms with E-state index in [0.29, 0.717) is 13.2 Å². The molecule has 2 heterocycles. The van der Waals surface area contributed by atoms with Gasteiger partial charge in [-0.2, -0.15) is 0 Å². The van der Waals surface area contributed by atoms with Crippen LogP contribution in [0.2, 0.25) is 0 Å². The van der Waals surface area contributed by atoms with Gasteiger partial charge < -0.3 is 14.6 Å². The van der Waals surface area contributed by atoms with E-state index in [1.54, 1.807) is 0 Å². The average Bonchev–Trinajstić information content (AvgIpc) is 3.35. The highest BCUT2D eigenvalue weighted by Gasteiger charge is 2.12. The minimum Gasteiger partial charge on any atom is -0.486 e. The highest BCUT2D eigenvalue weighted by atomic mass is 32.1. The summed E-state index contributed by atoms with van der Waals surface area (Å²) in [7, 11) is 0. The van der Waals surface area contributed by atoms with Crippen LogP contribution in [0.15, 0.2) is 53.9 Å². The van der Waals surface area contributed by atoms with Gasteiger partial charge in [0.1, 0.15) is 23.2 Å². The normalized spacial score (nSPS) is 11.0. The number of fused-ring (bicyclic) bond motifs is 1. The molecule has 0 saturated heterocycles. The molecule has 7 heteroatoms. The molecule has 0 bridgehead atoms. The topological polar surface area (TPSA) is 69.0 Å². The number of para-hydroxylation sites is 2. The number of ether oxygens (including phenoxy) is 1. The number of hydrogen-bond donors (Lipinski definition) is 1. The first-order valence-corrected chi connectivity index (χ1v) is 10.8. The highest BCUT2D eigenvalue weighted by molar-refractivity contribution is 7.09. The zero-order chi connectivity index (χ0) is 20.9. The molecule has 1 N–H and O–H groups in total. The molecular formula is C23H24N4O2S. The molecule has 0 aliphatic heterocycles. The number of amides is 1. The maximum Gasteiger partial charge on any atom is 0.226 e. The fourth-order valence-electron chi connectivity index (χ4n) is 3.29. The van der Waals surface area contributed by atoms with E-state index in [2.05, 4.69) is 26.8 Å². The van der Waals surface area contributed by atoms with Crippen LogP contribution in [-0.4, -0.2) is 20.4 Å². The lowest BCUT2D eigenvalue weighted by molar-refractivity contribution is -0.120. The Bertz CT molecular complexity index is 1150. The Hall–Kier alpha value is -3.19. The van der Waals surface area contributed by atoms with Gasteiger partial charge in [-0.3, -0.25) is 4.79 Å². The molecule has 6 nitrogen and oxygen atoms in total. The Kier molecular flexibility index (Phi) is 6.09. The van der Waals surface area contributed by atoms with Gasteiger partial charge >= 0.3 is 0 Å². The van der Waals surface area contributed by atoms with Crippen molar-refractivity contribution in [2.45, 2.75) is 40.0 Å². The van der Waals surface area contributed by atoms with Crippen molar-refractivity contribution in [1.29, 1.82) is 0 Å². The maximum atomic E-state index is 12.4. The number of nitrogens with one attached hydrogen (secondary N) is 1. The van der Waals surface area contributed by atoms with Crippen molar-refractivity contribution in [2.75, 3.05) is 0 Å². The van der Waals surface area contributed by atoms with Gasteiger partial charge in [0.15, 0.2) is 0 Å². The molecular weight excluding hydrogens is 396 g/mol. The quantitative estimate of drug-likeness (QED) is 0.462.